The van der Waals surface area contributed by atoms with Crippen LogP contribution in [0.1, 0.15) is 26.2 Å². The Morgan fingerprint density at radius 1 is 1.33 bits per heavy atom. The average molecular weight is 336 g/mol. The fourth-order valence-electron chi connectivity index (χ4n) is 1.56. The van der Waals surface area contributed by atoms with Crippen molar-refractivity contribution in [1.29, 1.82) is 0 Å². The maximum absolute atomic E-state index is 12.0. The summed E-state index contributed by atoms with van der Waals surface area (Å²) in [7, 11) is -1.92. The van der Waals surface area contributed by atoms with Gasteiger partial charge >= 0.3 is 0 Å². The van der Waals surface area contributed by atoms with Crippen LogP contribution in [0.5, 0.6) is 0 Å². The van der Waals surface area contributed by atoms with Crippen molar-refractivity contribution in [3.05, 3.63) is 17.3 Å². The highest BCUT2D eigenvalue weighted by Gasteiger charge is 2.15. The van der Waals surface area contributed by atoms with Crippen molar-refractivity contribution in [3.63, 3.8) is 0 Å². The van der Waals surface area contributed by atoms with Crippen LogP contribution in [0.2, 0.25) is 5.02 Å². The molecule has 0 amide bonds. The molecule has 8 heteroatoms. The molecule has 120 valence electrons. The molecule has 0 saturated heterocycles. The number of unbranched alkanes of at least 4 members (excludes halogenated alkanes) is 1. The lowest BCUT2D eigenvalue weighted by molar-refractivity contribution is 0.130. The highest BCUT2D eigenvalue weighted by atomic mass is 35.5. The lowest BCUT2D eigenvalue weighted by atomic mass is 10.4. The number of rotatable bonds is 10. The summed E-state index contributed by atoms with van der Waals surface area (Å²) in [5.74, 6) is 0.444. The van der Waals surface area contributed by atoms with E-state index < -0.39 is 10.0 Å². The Hall–Kier alpha value is -0.890. The van der Waals surface area contributed by atoms with Crippen LogP contribution in [0, 0.1) is 0 Å². The van der Waals surface area contributed by atoms with Gasteiger partial charge in [-0.1, -0.05) is 24.9 Å². The molecule has 0 aliphatic heterocycles. The van der Waals surface area contributed by atoms with Gasteiger partial charge in [0.1, 0.15) is 10.7 Å². The van der Waals surface area contributed by atoms with E-state index in [1.54, 1.807) is 7.05 Å². The SMILES string of the molecule is CCCCOCCCNS(=O)(=O)c1cnc(NC)c(Cl)c1. The summed E-state index contributed by atoms with van der Waals surface area (Å²) in [6.45, 7) is 3.67. The van der Waals surface area contributed by atoms with Crippen molar-refractivity contribution < 1.29 is 13.2 Å². The Bertz CT molecular complexity index is 537. The molecular weight excluding hydrogens is 314 g/mol. The van der Waals surface area contributed by atoms with Gasteiger partial charge in [-0.05, 0) is 18.9 Å². The Morgan fingerprint density at radius 2 is 2.05 bits per heavy atom. The molecule has 0 fully saturated rings. The first-order chi connectivity index (χ1) is 10.0. The third kappa shape index (κ3) is 6.17. The van der Waals surface area contributed by atoms with E-state index in [2.05, 4.69) is 21.9 Å². The van der Waals surface area contributed by atoms with Crippen molar-refractivity contribution >= 4 is 27.4 Å². The van der Waals surface area contributed by atoms with Crippen molar-refractivity contribution in [2.24, 2.45) is 0 Å². The fraction of sp³-hybridized carbons (Fsp3) is 0.615. The monoisotopic (exact) mass is 335 g/mol. The van der Waals surface area contributed by atoms with Crippen LogP contribution in [0.25, 0.3) is 0 Å². The second kappa shape index (κ2) is 9.19. The second-order valence-electron chi connectivity index (χ2n) is 4.47. The van der Waals surface area contributed by atoms with E-state index in [0.717, 1.165) is 12.8 Å². The number of nitrogens with one attached hydrogen (secondary N) is 2. The predicted octanol–water partition coefficient (Wildman–Crippen LogP) is 2.26. The Labute approximate surface area is 131 Å². The maximum Gasteiger partial charge on any atom is 0.242 e. The van der Waals surface area contributed by atoms with Gasteiger partial charge in [-0.3, -0.25) is 0 Å². The number of nitrogens with zero attached hydrogens (tertiary/aromatic N) is 1. The number of sulfonamides is 1. The van der Waals surface area contributed by atoms with E-state index in [1.165, 1.54) is 12.3 Å². The van der Waals surface area contributed by atoms with Gasteiger partial charge in [0.25, 0.3) is 0 Å². The van der Waals surface area contributed by atoms with E-state index in [0.29, 0.717) is 32.0 Å². The Kier molecular flexibility index (Phi) is 7.95. The average Bonchev–Trinajstić information content (AvgIpc) is 2.46. The zero-order valence-corrected chi connectivity index (χ0v) is 13.9. The van der Waals surface area contributed by atoms with Gasteiger partial charge in [0.15, 0.2) is 0 Å². The topological polar surface area (TPSA) is 80.3 Å². The molecule has 6 nitrogen and oxygen atoms in total. The zero-order chi connectivity index (χ0) is 15.7. The summed E-state index contributed by atoms with van der Waals surface area (Å²) in [6.07, 6.45) is 4.01. The third-order valence-electron chi connectivity index (χ3n) is 2.76. The molecule has 1 aromatic heterocycles. The van der Waals surface area contributed by atoms with E-state index >= 15 is 0 Å². The number of hydrogen-bond donors (Lipinski definition) is 2. The molecule has 0 bridgehead atoms. The molecule has 0 unspecified atom stereocenters. The van der Waals surface area contributed by atoms with Gasteiger partial charge in [-0.2, -0.15) is 0 Å². The van der Waals surface area contributed by atoms with Gasteiger partial charge in [0.2, 0.25) is 10.0 Å². The molecule has 1 aromatic rings. The summed E-state index contributed by atoms with van der Waals surface area (Å²) in [6, 6.07) is 1.38. The first-order valence-electron chi connectivity index (χ1n) is 6.92. The van der Waals surface area contributed by atoms with Gasteiger partial charge in [-0.25, -0.2) is 18.1 Å². The first kappa shape index (κ1) is 18.2. The summed E-state index contributed by atoms with van der Waals surface area (Å²) < 4.78 is 32.0. The van der Waals surface area contributed by atoms with Crippen LogP contribution >= 0.6 is 11.6 Å². The maximum atomic E-state index is 12.0. The van der Waals surface area contributed by atoms with Crippen LogP contribution in [0.4, 0.5) is 5.82 Å². The number of anilines is 1. The van der Waals surface area contributed by atoms with Gasteiger partial charge in [0, 0.05) is 33.0 Å². The number of aromatic nitrogens is 1. The molecular formula is C13H22ClN3O3S. The minimum absolute atomic E-state index is 0.0541. The quantitative estimate of drug-likeness (QED) is 0.641. The molecule has 0 aliphatic carbocycles. The van der Waals surface area contributed by atoms with Crippen molar-refractivity contribution in [3.8, 4) is 0 Å². The predicted molar refractivity (Wildman–Crippen MR) is 84.3 cm³/mol. The molecule has 0 aliphatic rings. The molecule has 1 heterocycles. The Balaban J connectivity index is 2.45. The molecule has 0 spiro atoms. The molecule has 0 atom stereocenters. The molecule has 21 heavy (non-hydrogen) atoms. The minimum Gasteiger partial charge on any atom is -0.381 e. The van der Waals surface area contributed by atoms with Crippen molar-refractivity contribution in [1.82, 2.24) is 9.71 Å². The highest BCUT2D eigenvalue weighted by molar-refractivity contribution is 7.89. The van der Waals surface area contributed by atoms with Gasteiger partial charge < -0.3 is 10.1 Å². The summed E-state index contributed by atoms with van der Waals surface area (Å²) in [5, 5.41) is 3.04. The summed E-state index contributed by atoms with van der Waals surface area (Å²) >= 11 is 5.93. The van der Waals surface area contributed by atoms with Crippen LogP contribution in [0.15, 0.2) is 17.2 Å². The third-order valence-corrected chi connectivity index (χ3v) is 4.48. The minimum atomic E-state index is -3.59. The van der Waals surface area contributed by atoms with E-state index in [1.807, 2.05) is 0 Å². The first-order valence-corrected chi connectivity index (χ1v) is 8.78. The molecule has 0 saturated carbocycles. The number of hydrogen-bond acceptors (Lipinski definition) is 5. The van der Waals surface area contributed by atoms with E-state index in [9.17, 15) is 8.42 Å². The molecule has 0 aromatic carbocycles. The zero-order valence-electron chi connectivity index (χ0n) is 12.4. The number of pyridine rings is 1. The largest absolute Gasteiger partial charge is 0.381 e. The van der Waals surface area contributed by atoms with Crippen LogP contribution < -0.4 is 10.0 Å². The lowest BCUT2D eigenvalue weighted by Gasteiger charge is -2.08. The Morgan fingerprint density at radius 3 is 2.67 bits per heavy atom. The van der Waals surface area contributed by atoms with Crippen LogP contribution in [0.3, 0.4) is 0 Å². The molecule has 1 rings (SSSR count). The summed E-state index contributed by atoms with van der Waals surface area (Å²) in [4.78, 5) is 4.01. The van der Waals surface area contributed by atoms with Crippen LogP contribution in [-0.2, 0) is 14.8 Å². The van der Waals surface area contributed by atoms with E-state index in [4.69, 9.17) is 16.3 Å². The molecule has 0 radical (unpaired) electrons. The standard InChI is InChI=1S/C13H22ClN3O3S/c1-3-4-7-20-8-5-6-17-21(18,19)11-9-12(14)13(15-2)16-10-11/h9-10,17H,3-8H2,1-2H3,(H,15,16). The van der Waals surface area contributed by atoms with Crippen molar-refractivity contribution in [2.45, 2.75) is 31.1 Å². The fourth-order valence-corrected chi connectivity index (χ4v) is 2.93. The van der Waals surface area contributed by atoms with Gasteiger partial charge in [-0.15, -0.1) is 0 Å². The van der Waals surface area contributed by atoms with E-state index in [-0.39, 0.29) is 9.92 Å². The van der Waals surface area contributed by atoms with Gasteiger partial charge in [0.05, 0.1) is 5.02 Å². The van der Waals surface area contributed by atoms with Crippen LogP contribution in [-0.4, -0.2) is 40.2 Å². The highest BCUT2D eigenvalue weighted by Crippen LogP contribution is 2.21. The smallest absolute Gasteiger partial charge is 0.242 e. The lowest BCUT2D eigenvalue weighted by Crippen LogP contribution is -2.25. The molecule has 2 N–H and O–H groups in total. The number of halogens is 1. The normalized spacial score (nSPS) is 11.6. The van der Waals surface area contributed by atoms with Crippen molar-refractivity contribution in [2.75, 3.05) is 32.1 Å². The number of ether oxygens (including phenoxy) is 1. The second-order valence-corrected chi connectivity index (χ2v) is 6.64. The summed E-state index contributed by atoms with van der Waals surface area (Å²) in [5.41, 5.74) is 0.